The summed E-state index contributed by atoms with van der Waals surface area (Å²) in [7, 11) is 0. The van der Waals surface area contributed by atoms with Gasteiger partial charge in [0, 0.05) is 11.0 Å². The Balaban J connectivity index is 2.12. The Morgan fingerprint density at radius 1 is 1.10 bits per heavy atom. The summed E-state index contributed by atoms with van der Waals surface area (Å²) in [5.74, 6) is 2.23. The number of benzene rings is 2. The molecule has 0 aromatic heterocycles. The van der Waals surface area contributed by atoms with Crippen LogP contribution in [0.5, 0.6) is 11.5 Å². The van der Waals surface area contributed by atoms with Gasteiger partial charge in [-0.2, -0.15) is 0 Å². The van der Waals surface area contributed by atoms with Gasteiger partial charge >= 0.3 is 0 Å². The van der Waals surface area contributed by atoms with Gasteiger partial charge in [0.25, 0.3) is 0 Å². The maximum atomic E-state index is 5.96. The molecule has 0 atom stereocenters. The zero-order chi connectivity index (χ0) is 15.2. The van der Waals surface area contributed by atoms with Gasteiger partial charge in [-0.05, 0) is 47.9 Å². The van der Waals surface area contributed by atoms with Crippen molar-refractivity contribution in [3.05, 3.63) is 58.1 Å². The fourth-order valence-corrected chi connectivity index (χ4v) is 2.57. The second-order valence-corrected chi connectivity index (χ2v) is 6.22. The SMILES string of the molecule is CCNCc1ccc(Oc2cccc(C(C)C)c2)cc1Br. The molecule has 0 fully saturated rings. The smallest absolute Gasteiger partial charge is 0.128 e. The summed E-state index contributed by atoms with van der Waals surface area (Å²) < 4.78 is 7.03. The van der Waals surface area contributed by atoms with Gasteiger partial charge in [0.15, 0.2) is 0 Å². The molecule has 0 aliphatic heterocycles. The normalized spacial score (nSPS) is 10.9. The van der Waals surface area contributed by atoms with Gasteiger partial charge in [0.2, 0.25) is 0 Å². The highest BCUT2D eigenvalue weighted by Crippen LogP contribution is 2.28. The summed E-state index contributed by atoms with van der Waals surface area (Å²) in [4.78, 5) is 0. The summed E-state index contributed by atoms with van der Waals surface area (Å²) in [5.41, 5.74) is 2.52. The number of hydrogen-bond acceptors (Lipinski definition) is 2. The first-order chi connectivity index (χ1) is 10.1. The molecule has 0 heterocycles. The molecule has 0 aliphatic rings. The van der Waals surface area contributed by atoms with Crippen LogP contribution in [0.25, 0.3) is 0 Å². The molecule has 2 aromatic carbocycles. The molecular weight excluding hydrogens is 326 g/mol. The van der Waals surface area contributed by atoms with Crippen LogP contribution in [0, 0.1) is 0 Å². The predicted molar refractivity (Wildman–Crippen MR) is 92.1 cm³/mol. The molecule has 0 saturated heterocycles. The van der Waals surface area contributed by atoms with Gasteiger partial charge in [-0.15, -0.1) is 0 Å². The van der Waals surface area contributed by atoms with Crippen molar-refractivity contribution in [2.45, 2.75) is 33.2 Å². The van der Waals surface area contributed by atoms with E-state index >= 15 is 0 Å². The van der Waals surface area contributed by atoms with Crippen LogP contribution in [0.2, 0.25) is 0 Å². The second-order valence-electron chi connectivity index (χ2n) is 5.36. The Labute approximate surface area is 135 Å². The number of rotatable bonds is 6. The second kappa shape index (κ2) is 7.62. The van der Waals surface area contributed by atoms with Gasteiger partial charge in [-0.3, -0.25) is 0 Å². The van der Waals surface area contributed by atoms with Crippen LogP contribution in [-0.4, -0.2) is 6.54 Å². The molecule has 0 bridgehead atoms. The molecular formula is C18H22BrNO. The van der Waals surface area contributed by atoms with E-state index in [-0.39, 0.29) is 0 Å². The topological polar surface area (TPSA) is 21.3 Å². The van der Waals surface area contributed by atoms with Gasteiger partial charge in [0.1, 0.15) is 11.5 Å². The molecule has 0 saturated carbocycles. The largest absolute Gasteiger partial charge is 0.457 e. The van der Waals surface area contributed by atoms with Crippen molar-refractivity contribution in [2.75, 3.05) is 6.54 Å². The predicted octanol–water partition coefficient (Wildman–Crippen LogP) is 5.47. The van der Waals surface area contributed by atoms with Crippen molar-refractivity contribution < 1.29 is 4.74 Å². The maximum absolute atomic E-state index is 5.96. The van der Waals surface area contributed by atoms with Crippen molar-refractivity contribution >= 4 is 15.9 Å². The summed E-state index contributed by atoms with van der Waals surface area (Å²) >= 11 is 3.61. The molecule has 2 nitrogen and oxygen atoms in total. The van der Waals surface area contributed by atoms with Crippen LogP contribution in [0.4, 0.5) is 0 Å². The quantitative estimate of drug-likeness (QED) is 0.747. The molecule has 112 valence electrons. The Kier molecular flexibility index (Phi) is 5.83. The third kappa shape index (κ3) is 4.58. The Morgan fingerprint density at radius 3 is 2.52 bits per heavy atom. The van der Waals surface area contributed by atoms with Crippen LogP contribution in [0.15, 0.2) is 46.9 Å². The first-order valence-corrected chi connectivity index (χ1v) is 8.16. The number of hydrogen-bond donors (Lipinski definition) is 1. The zero-order valence-corrected chi connectivity index (χ0v) is 14.4. The van der Waals surface area contributed by atoms with Crippen LogP contribution in [0.3, 0.4) is 0 Å². The minimum Gasteiger partial charge on any atom is -0.457 e. The van der Waals surface area contributed by atoms with Gasteiger partial charge in [-0.25, -0.2) is 0 Å². The van der Waals surface area contributed by atoms with Crippen LogP contribution >= 0.6 is 15.9 Å². The minimum atomic E-state index is 0.503. The van der Waals surface area contributed by atoms with E-state index in [2.05, 4.69) is 60.2 Å². The lowest BCUT2D eigenvalue weighted by atomic mass is 10.0. The molecule has 2 rings (SSSR count). The average molecular weight is 348 g/mol. The molecule has 21 heavy (non-hydrogen) atoms. The summed E-state index contributed by atoms with van der Waals surface area (Å²) in [6.45, 7) is 8.30. The Hall–Kier alpha value is -1.32. The minimum absolute atomic E-state index is 0.503. The third-order valence-corrected chi connectivity index (χ3v) is 4.09. The first kappa shape index (κ1) is 16.1. The molecule has 0 radical (unpaired) electrons. The van der Waals surface area contributed by atoms with Crippen LogP contribution in [-0.2, 0) is 6.54 Å². The average Bonchev–Trinajstić information content (AvgIpc) is 2.47. The van der Waals surface area contributed by atoms with Crippen LogP contribution in [0.1, 0.15) is 37.8 Å². The number of nitrogens with one attached hydrogen (secondary N) is 1. The zero-order valence-electron chi connectivity index (χ0n) is 12.8. The van der Waals surface area contributed by atoms with Crippen molar-refractivity contribution in [3.8, 4) is 11.5 Å². The molecule has 3 heteroatoms. The summed E-state index contributed by atoms with van der Waals surface area (Å²) in [5, 5.41) is 3.32. The maximum Gasteiger partial charge on any atom is 0.128 e. The molecule has 0 aliphatic carbocycles. The van der Waals surface area contributed by atoms with E-state index in [1.807, 2.05) is 24.3 Å². The lowest BCUT2D eigenvalue weighted by molar-refractivity contribution is 0.481. The molecule has 0 amide bonds. The first-order valence-electron chi connectivity index (χ1n) is 7.37. The van der Waals surface area contributed by atoms with E-state index in [4.69, 9.17) is 4.74 Å². The van der Waals surface area contributed by atoms with Crippen molar-refractivity contribution in [2.24, 2.45) is 0 Å². The standard InChI is InChI=1S/C18H22BrNO/c1-4-20-12-15-8-9-17(11-18(15)19)21-16-7-5-6-14(10-16)13(2)3/h5-11,13,20H,4,12H2,1-3H3. The lowest BCUT2D eigenvalue weighted by Crippen LogP contribution is -2.11. The van der Waals surface area contributed by atoms with Crippen molar-refractivity contribution in [1.29, 1.82) is 0 Å². The Morgan fingerprint density at radius 2 is 1.86 bits per heavy atom. The van der Waals surface area contributed by atoms with E-state index in [1.165, 1.54) is 11.1 Å². The van der Waals surface area contributed by atoms with E-state index < -0.39 is 0 Å². The number of halogens is 1. The summed E-state index contributed by atoms with van der Waals surface area (Å²) in [6, 6.07) is 14.4. The highest BCUT2D eigenvalue weighted by Gasteiger charge is 2.05. The van der Waals surface area contributed by atoms with Crippen molar-refractivity contribution in [3.63, 3.8) is 0 Å². The fraction of sp³-hybridized carbons (Fsp3) is 0.333. The van der Waals surface area contributed by atoms with E-state index in [9.17, 15) is 0 Å². The van der Waals surface area contributed by atoms with E-state index in [0.29, 0.717) is 5.92 Å². The van der Waals surface area contributed by atoms with Gasteiger partial charge in [0.05, 0.1) is 0 Å². The fourth-order valence-electron chi connectivity index (χ4n) is 2.07. The number of ether oxygens (including phenoxy) is 1. The monoisotopic (exact) mass is 347 g/mol. The highest BCUT2D eigenvalue weighted by molar-refractivity contribution is 9.10. The molecule has 0 unspecified atom stereocenters. The van der Waals surface area contributed by atoms with E-state index in [1.54, 1.807) is 0 Å². The highest BCUT2D eigenvalue weighted by atomic mass is 79.9. The Bertz CT molecular complexity index is 596. The third-order valence-electron chi connectivity index (χ3n) is 3.35. The molecule has 1 N–H and O–H groups in total. The van der Waals surface area contributed by atoms with Gasteiger partial charge in [-0.1, -0.05) is 54.9 Å². The molecule has 0 spiro atoms. The lowest BCUT2D eigenvalue weighted by Gasteiger charge is -2.11. The van der Waals surface area contributed by atoms with Crippen molar-refractivity contribution in [1.82, 2.24) is 5.32 Å². The summed E-state index contributed by atoms with van der Waals surface area (Å²) in [6.07, 6.45) is 0. The van der Waals surface area contributed by atoms with Crippen LogP contribution < -0.4 is 10.1 Å². The van der Waals surface area contributed by atoms with Gasteiger partial charge < -0.3 is 10.1 Å². The van der Waals surface area contributed by atoms with E-state index in [0.717, 1.165) is 29.1 Å². The molecule has 2 aromatic rings.